The van der Waals surface area contributed by atoms with Crippen molar-refractivity contribution >= 4 is 33.1 Å². The number of anilines is 1. The van der Waals surface area contributed by atoms with Gasteiger partial charge in [0.1, 0.15) is 9.71 Å². The predicted molar refractivity (Wildman–Crippen MR) is 123 cm³/mol. The lowest BCUT2D eigenvalue weighted by molar-refractivity contribution is 0.0634. The fourth-order valence-corrected chi connectivity index (χ4v) is 5.69. The van der Waals surface area contributed by atoms with E-state index in [4.69, 9.17) is 10.7 Å². The molecule has 0 bridgehead atoms. The van der Waals surface area contributed by atoms with Gasteiger partial charge in [-0.25, -0.2) is 4.98 Å². The zero-order valence-electron chi connectivity index (χ0n) is 17.4. The van der Waals surface area contributed by atoms with Crippen molar-refractivity contribution in [1.82, 2.24) is 14.8 Å². The van der Waals surface area contributed by atoms with Crippen molar-refractivity contribution in [2.24, 2.45) is 5.92 Å². The van der Waals surface area contributed by atoms with Crippen molar-refractivity contribution in [2.45, 2.75) is 32.7 Å². The smallest absolute Gasteiger partial charge is 0.266 e. The van der Waals surface area contributed by atoms with E-state index in [9.17, 15) is 4.79 Å². The van der Waals surface area contributed by atoms with Crippen LogP contribution in [0.5, 0.6) is 0 Å². The van der Waals surface area contributed by atoms with Gasteiger partial charge in [-0.3, -0.25) is 9.69 Å². The highest BCUT2D eigenvalue weighted by Gasteiger charge is 2.27. The van der Waals surface area contributed by atoms with Gasteiger partial charge in [0.2, 0.25) is 0 Å². The third kappa shape index (κ3) is 3.70. The highest BCUT2D eigenvalue weighted by atomic mass is 32.1. The molecule has 1 aliphatic heterocycles. The number of aryl methyl sites for hydroxylation is 1. The Morgan fingerprint density at radius 1 is 1.20 bits per heavy atom. The van der Waals surface area contributed by atoms with E-state index in [1.54, 1.807) is 0 Å². The lowest BCUT2D eigenvalue weighted by atomic mass is 9.87. The Labute approximate surface area is 181 Å². The van der Waals surface area contributed by atoms with Crippen LogP contribution in [0.25, 0.3) is 10.2 Å². The summed E-state index contributed by atoms with van der Waals surface area (Å²) in [5.74, 6) is 0.742. The van der Waals surface area contributed by atoms with Gasteiger partial charge in [0.05, 0.1) is 5.69 Å². The first-order valence-corrected chi connectivity index (χ1v) is 11.7. The molecule has 2 N–H and O–H groups in total. The molecule has 0 radical (unpaired) electrons. The largest absolute Gasteiger partial charge is 0.397 e. The van der Waals surface area contributed by atoms with Crippen molar-refractivity contribution in [3.8, 4) is 0 Å². The summed E-state index contributed by atoms with van der Waals surface area (Å²) in [7, 11) is 0. The summed E-state index contributed by atoms with van der Waals surface area (Å²) in [6, 6.07) is 12.7. The summed E-state index contributed by atoms with van der Waals surface area (Å²) >= 11 is 1.46. The molecule has 3 heterocycles. The summed E-state index contributed by atoms with van der Waals surface area (Å²) in [5, 5.41) is 0.957. The highest BCUT2D eigenvalue weighted by molar-refractivity contribution is 7.21. The number of carbonyl (C=O) groups is 1. The summed E-state index contributed by atoms with van der Waals surface area (Å²) < 4.78 is 0. The molecule has 2 aromatic heterocycles. The molecule has 3 aromatic rings. The maximum atomic E-state index is 13.2. The van der Waals surface area contributed by atoms with Crippen LogP contribution in [0.2, 0.25) is 0 Å². The van der Waals surface area contributed by atoms with Crippen LogP contribution >= 0.6 is 11.3 Å². The number of nitrogens with two attached hydrogens (primary N) is 1. The fraction of sp³-hybridized carbons (Fsp3) is 0.417. The molecule has 2 aliphatic rings. The highest BCUT2D eigenvalue weighted by Crippen LogP contribution is 2.37. The summed E-state index contributed by atoms with van der Waals surface area (Å²) in [5.41, 5.74) is 10.9. The minimum Gasteiger partial charge on any atom is -0.397 e. The Morgan fingerprint density at radius 3 is 2.73 bits per heavy atom. The van der Waals surface area contributed by atoms with Crippen molar-refractivity contribution in [3.05, 3.63) is 58.1 Å². The van der Waals surface area contributed by atoms with Gasteiger partial charge in [0.15, 0.2) is 0 Å². The van der Waals surface area contributed by atoms with Gasteiger partial charge >= 0.3 is 0 Å². The van der Waals surface area contributed by atoms with E-state index in [0.29, 0.717) is 16.5 Å². The van der Waals surface area contributed by atoms with Crippen molar-refractivity contribution in [3.63, 3.8) is 0 Å². The molecule has 156 valence electrons. The average Bonchev–Trinajstić information content (AvgIpc) is 3.08. The van der Waals surface area contributed by atoms with Gasteiger partial charge in [-0.1, -0.05) is 37.3 Å². The molecule has 1 amide bonds. The molecule has 1 saturated heterocycles. The van der Waals surface area contributed by atoms with Gasteiger partial charge < -0.3 is 10.6 Å². The molecule has 0 spiro atoms. The zero-order chi connectivity index (χ0) is 20.7. The number of rotatable bonds is 3. The van der Waals surface area contributed by atoms with E-state index in [1.165, 1.54) is 34.6 Å². The van der Waals surface area contributed by atoms with Gasteiger partial charge in [0, 0.05) is 43.8 Å². The molecular weight excluding hydrogens is 392 g/mol. The molecule has 30 heavy (non-hydrogen) atoms. The number of pyridine rings is 1. The number of carbonyl (C=O) groups excluding carboxylic acids is 1. The van der Waals surface area contributed by atoms with Crippen LogP contribution in [0.4, 0.5) is 5.69 Å². The first kappa shape index (κ1) is 19.5. The SMILES string of the molecule is CC1CCc2nc3sc(C(=O)N4CCN(Cc5ccccc5)CC4)c(N)c3cc2C1. The number of aromatic nitrogens is 1. The van der Waals surface area contributed by atoms with Crippen LogP contribution in [-0.2, 0) is 19.4 Å². The Bertz CT molecular complexity index is 1070. The zero-order valence-corrected chi connectivity index (χ0v) is 18.3. The summed E-state index contributed by atoms with van der Waals surface area (Å²) in [6.45, 7) is 6.46. The van der Waals surface area contributed by atoms with Crippen molar-refractivity contribution in [2.75, 3.05) is 31.9 Å². The first-order valence-electron chi connectivity index (χ1n) is 10.8. The normalized spacial score (nSPS) is 19.8. The van der Waals surface area contributed by atoms with Gasteiger partial charge in [0.25, 0.3) is 5.91 Å². The van der Waals surface area contributed by atoms with E-state index in [0.717, 1.165) is 55.8 Å². The van der Waals surface area contributed by atoms with Crippen molar-refractivity contribution < 1.29 is 4.79 Å². The lowest BCUT2D eigenvalue weighted by Crippen LogP contribution is -2.48. The van der Waals surface area contributed by atoms with Gasteiger partial charge in [-0.15, -0.1) is 11.3 Å². The molecule has 0 saturated carbocycles. The third-order valence-corrected chi connectivity index (χ3v) is 7.54. The van der Waals surface area contributed by atoms with Crippen LogP contribution in [-0.4, -0.2) is 46.9 Å². The molecule has 1 aromatic carbocycles. The minimum atomic E-state index is 0.0567. The molecule has 5 nitrogen and oxygen atoms in total. The minimum absolute atomic E-state index is 0.0567. The first-order chi connectivity index (χ1) is 14.6. The van der Waals surface area contributed by atoms with Gasteiger partial charge in [-0.2, -0.15) is 0 Å². The molecule has 5 rings (SSSR count). The summed E-state index contributed by atoms with van der Waals surface area (Å²) in [4.78, 5) is 24.0. The number of amides is 1. The third-order valence-electron chi connectivity index (χ3n) is 6.43. The van der Waals surface area contributed by atoms with E-state index in [-0.39, 0.29) is 5.91 Å². The van der Waals surface area contributed by atoms with Crippen LogP contribution in [0.3, 0.4) is 0 Å². The van der Waals surface area contributed by atoms with Crippen LogP contribution in [0.15, 0.2) is 36.4 Å². The number of benzene rings is 1. The lowest BCUT2D eigenvalue weighted by Gasteiger charge is -2.34. The Balaban J connectivity index is 1.31. The Hall–Kier alpha value is -2.44. The number of thiophene rings is 1. The van der Waals surface area contributed by atoms with Gasteiger partial charge in [-0.05, 0) is 42.4 Å². The number of nitrogen functional groups attached to an aromatic ring is 1. The number of hydrogen-bond donors (Lipinski definition) is 1. The molecule has 1 aliphatic carbocycles. The maximum absolute atomic E-state index is 13.2. The van der Waals surface area contributed by atoms with E-state index in [1.807, 2.05) is 11.0 Å². The quantitative estimate of drug-likeness (QED) is 0.697. The van der Waals surface area contributed by atoms with E-state index >= 15 is 0 Å². The van der Waals surface area contributed by atoms with E-state index in [2.05, 4.69) is 42.2 Å². The second-order valence-electron chi connectivity index (χ2n) is 8.69. The molecule has 1 atom stereocenters. The van der Waals surface area contributed by atoms with Crippen LogP contribution in [0.1, 0.15) is 39.8 Å². The summed E-state index contributed by atoms with van der Waals surface area (Å²) in [6.07, 6.45) is 3.27. The maximum Gasteiger partial charge on any atom is 0.266 e. The average molecular weight is 421 g/mol. The van der Waals surface area contributed by atoms with E-state index < -0.39 is 0 Å². The number of hydrogen-bond acceptors (Lipinski definition) is 5. The number of nitrogens with zero attached hydrogens (tertiary/aromatic N) is 3. The molecule has 1 fully saturated rings. The predicted octanol–water partition coefficient (Wildman–Crippen LogP) is 3.96. The molecule has 1 unspecified atom stereocenters. The fourth-order valence-electron chi connectivity index (χ4n) is 4.63. The number of fused-ring (bicyclic) bond motifs is 2. The molecular formula is C24H28N4OS. The van der Waals surface area contributed by atoms with Crippen LogP contribution < -0.4 is 5.73 Å². The molecule has 6 heteroatoms. The van der Waals surface area contributed by atoms with Crippen LogP contribution in [0, 0.1) is 5.92 Å². The second-order valence-corrected chi connectivity index (χ2v) is 9.69. The topological polar surface area (TPSA) is 62.5 Å². The Morgan fingerprint density at radius 2 is 1.97 bits per heavy atom. The second kappa shape index (κ2) is 8.00. The number of piperazine rings is 1. The monoisotopic (exact) mass is 420 g/mol. The standard InChI is InChI=1S/C24H28N4OS/c1-16-7-8-20-18(13-16)14-19-21(25)22(30-23(19)26-20)24(29)28-11-9-27(10-12-28)15-17-5-3-2-4-6-17/h2-6,14,16H,7-13,15,25H2,1H3. The van der Waals surface area contributed by atoms with Crippen molar-refractivity contribution in [1.29, 1.82) is 0 Å². The Kier molecular flexibility index (Phi) is 5.21.